The minimum atomic E-state index is -0.294. The molecule has 0 amide bonds. The van der Waals surface area contributed by atoms with Crippen molar-refractivity contribution in [3.63, 3.8) is 0 Å². The van der Waals surface area contributed by atoms with E-state index in [1.54, 1.807) is 6.92 Å². The highest BCUT2D eigenvalue weighted by Gasteiger charge is 2.69. The molecule has 3 heteroatoms. The molecule has 0 aromatic rings. The molecule has 5 aliphatic rings. The normalized spacial score (nSPS) is 52.8. The highest BCUT2D eigenvalue weighted by atomic mass is 16.5. The first-order chi connectivity index (χ1) is 14.4. The van der Waals surface area contributed by atoms with E-state index in [1.807, 2.05) is 0 Å². The number of carbonyl (C=O) groups is 1. The van der Waals surface area contributed by atoms with Gasteiger partial charge in [-0.05, 0) is 85.4 Å². The van der Waals surface area contributed by atoms with Crippen LogP contribution in [0.4, 0.5) is 0 Å². The molecule has 9 unspecified atom stereocenters. The van der Waals surface area contributed by atoms with Crippen molar-refractivity contribution < 1.29 is 14.6 Å². The van der Waals surface area contributed by atoms with Gasteiger partial charge in [-0.25, -0.2) is 0 Å². The van der Waals surface area contributed by atoms with Crippen LogP contribution in [0, 0.1) is 45.3 Å². The average molecular weight is 429 g/mol. The van der Waals surface area contributed by atoms with Gasteiger partial charge in [0.15, 0.2) is 0 Å². The molecule has 4 saturated carbocycles. The Bertz CT molecular complexity index is 798. The van der Waals surface area contributed by atoms with Gasteiger partial charge in [0, 0.05) is 18.3 Å². The lowest BCUT2D eigenvalue weighted by atomic mass is 9.34. The van der Waals surface area contributed by atoms with Crippen LogP contribution in [0.5, 0.6) is 0 Å². The summed E-state index contributed by atoms with van der Waals surface area (Å²) in [5.41, 5.74) is 2.22. The Hall–Kier alpha value is -0.830. The first-order valence-corrected chi connectivity index (χ1v) is 13.0. The Balaban J connectivity index is 1.62. The number of hydrogen-bond donors (Lipinski definition) is 1. The van der Waals surface area contributed by atoms with Gasteiger partial charge < -0.3 is 9.84 Å². The second kappa shape index (κ2) is 6.84. The third-order valence-electron chi connectivity index (χ3n) is 11.6. The third-order valence-corrected chi connectivity index (χ3v) is 11.6. The molecule has 174 valence electrons. The lowest BCUT2D eigenvalue weighted by Crippen LogP contribution is -2.67. The standard InChI is InChI=1S/C28H44O3/c1-17(29)31-23-16-22-26(4)14-7-13-25(2,3)20(26)12-15-27(22,5)21-11-9-18-8-10-19(30)24(18)28(21,23)6/h9,19-24,30H,7-8,10-16H2,1-6H3. The molecule has 9 atom stereocenters. The number of fused-ring (bicyclic) bond motifs is 7. The lowest BCUT2D eigenvalue weighted by Gasteiger charge is -2.71. The van der Waals surface area contributed by atoms with Gasteiger partial charge >= 0.3 is 5.97 Å². The van der Waals surface area contributed by atoms with Crippen LogP contribution in [0.3, 0.4) is 0 Å². The molecule has 0 radical (unpaired) electrons. The minimum absolute atomic E-state index is 0.0878. The van der Waals surface area contributed by atoms with Gasteiger partial charge in [0.2, 0.25) is 0 Å². The van der Waals surface area contributed by atoms with Crippen molar-refractivity contribution in [3.8, 4) is 0 Å². The monoisotopic (exact) mass is 428 g/mol. The van der Waals surface area contributed by atoms with Gasteiger partial charge in [-0.3, -0.25) is 4.79 Å². The van der Waals surface area contributed by atoms with Crippen LogP contribution in [-0.4, -0.2) is 23.3 Å². The van der Waals surface area contributed by atoms with Gasteiger partial charge in [-0.1, -0.05) is 52.7 Å². The molecule has 5 rings (SSSR count). The molecule has 3 nitrogen and oxygen atoms in total. The van der Waals surface area contributed by atoms with E-state index in [9.17, 15) is 9.90 Å². The summed E-state index contributed by atoms with van der Waals surface area (Å²) < 4.78 is 6.21. The third kappa shape index (κ3) is 2.83. The molecule has 0 aliphatic heterocycles. The van der Waals surface area contributed by atoms with E-state index in [0.29, 0.717) is 22.7 Å². The average Bonchev–Trinajstić information content (AvgIpc) is 3.04. The highest BCUT2D eigenvalue weighted by molar-refractivity contribution is 5.66. The summed E-state index contributed by atoms with van der Waals surface area (Å²) in [7, 11) is 0. The highest BCUT2D eigenvalue weighted by Crippen LogP contribution is 2.74. The Morgan fingerprint density at radius 2 is 1.71 bits per heavy atom. The maximum absolute atomic E-state index is 12.3. The van der Waals surface area contributed by atoms with Crippen molar-refractivity contribution in [2.75, 3.05) is 0 Å². The Morgan fingerprint density at radius 1 is 1.00 bits per heavy atom. The minimum Gasteiger partial charge on any atom is -0.462 e. The summed E-state index contributed by atoms with van der Waals surface area (Å²) in [6.45, 7) is 14.1. The maximum Gasteiger partial charge on any atom is 0.302 e. The van der Waals surface area contributed by atoms with E-state index in [4.69, 9.17) is 4.74 Å². The molecule has 1 N–H and O–H groups in total. The summed E-state index contributed by atoms with van der Waals surface area (Å²) in [6, 6.07) is 0. The number of rotatable bonds is 1. The number of esters is 1. The quantitative estimate of drug-likeness (QED) is 0.394. The van der Waals surface area contributed by atoms with Crippen molar-refractivity contribution in [2.45, 2.75) is 112 Å². The summed E-state index contributed by atoms with van der Waals surface area (Å²) in [5.74, 6) is 1.79. The lowest BCUT2D eigenvalue weighted by molar-refractivity contribution is -0.244. The van der Waals surface area contributed by atoms with Crippen molar-refractivity contribution in [1.82, 2.24) is 0 Å². The van der Waals surface area contributed by atoms with Crippen LogP contribution in [0.25, 0.3) is 0 Å². The summed E-state index contributed by atoms with van der Waals surface area (Å²) in [5, 5.41) is 11.1. The smallest absolute Gasteiger partial charge is 0.302 e. The number of aliphatic hydroxyl groups is 1. The van der Waals surface area contributed by atoms with Gasteiger partial charge in [0.25, 0.3) is 0 Å². The SMILES string of the molecule is CC(=O)OC1CC2C3(C)CCCC(C)(C)C3CCC2(C)C2CC=C3CCC(O)C3C12C. The summed E-state index contributed by atoms with van der Waals surface area (Å²) in [6.07, 6.45) is 12.6. The van der Waals surface area contributed by atoms with Crippen LogP contribution in [0.2, 0.25) is 0 Å². The Morgan fingerprint density at radius 3 is 2.42 bits per heavy atom. The molecular formula is C28H44O3. The van der Waals surface area contributed by atoms with Crippen molar-refractivity contribution >= 4 is 5.97 Å². The topological polar surface area (TPSA) is 46.5 Å². The first kappa shape index (κ1) is 22.0. The van der Waals surface area contributed by atoms with Gasteiger partial charge in [-0.2, -0.15) is 0 Å². The summed E-state index contributed by atoms with van der Waals surface area (Å²) in [4.78, 5) is 12.3. The Kier molecular flexibility index (Phi) is 4.85. The molecule has 0 spiro atoms. The second-order valence-electron chi connectivity index (χ2n) is 13.3. The van der Waals surface area contributed by atoms with Crippen molar-refractivity contribution in [1.29, 1.82) is 0 Å². The fourth-order valence-corrected chi connectivity index (χ4v) is 10.6. The van der Waals surface area contributed by atoms with E-state index in [2.05, 4.69) is 40.7 Å². The zero-order valence-electron chi connectivity index (χ0n) is 20.7. The van der Waals surface area contributed by atoms with E-state index in [-0.39, 0.29) is 34.9 Å². The van der Waals surface area contributed by atoms with Crippen LogP contribution < -0.4 is 0 Å². The molecule has 0 aromatic heterocycles. The molecule has 0 aromatic carbocycles. The van der Waals surface area contributed by atoms with Crippen molar-refractivity contribution in [2.24, 2.45) is 45.3 Å². The molecule has 31 heavy (non-hydrogen) atoms. The maximum atomic E-state index is 12.3. The largest absolute Gasteiger partial charge is 0.462 e. The molecule has 0 bridgehead atoms. The summed E-state index contributed by atoms with van der Waals surface area (Å²) >= 11 is 0. The fraction of sp³-hybridized carbons (Fsp3) is 0.893. The van der Waals surface area contributed by atoms with Gasteiger partial charge in [0.05, 0.1) is 6.10 Å². The number of hydrogen-bond acceptors (Lipinski definition) is 3. The zero-order chi connectivity index (χ0) is 22.4. The van der Waals surface area contributed by atoms with E-state index < -0.39 is 0 Å². The zero-order valence-corrected chi connectivity index (χ0v) is 20.7. The van der Waals surface area contributed by atoms with Gasteiger partial charge in [0.1, 0.15) is 6.10 Å². The van der Waals surface area contributed by atoms with Crippen LogP contribution in [0.15, 0.2) is 11.6 Å². The number of carbonyl (C=O) groups excluding carboxylic acids is 1. The van der Waals surface area contributed by atoms with Crippen LogP contribution in [-0.2, 0) is 9.53 Å². The second-order valence-corrected chi connectivity index (χ2v) is 13.3. The van der Waals surface area contributed by atoms with E-state index >= 15 is 0 Å². The predicted octanol–water partition coefficient (Wildman–Crippen LogP) is 6.29. The number of aliphatic hydroxyl groups excluding tert-OH is 1. The first-order valence-electron chi connectivity index (χ1n) is 13.0. The predicted molar refractivity (Wildman–Crippen MR) is 123 cm³/mol. The van der Waals surface area contributed by atoms with E-state index in [0.717, 1.165) is 31.6 Å². The Labute approximate surface area is 189 Å². The molecule has 4 fully saturated rings. The van der Waals surface area contributed by atoms with Crippen LogP contribution >= 0.6 is 0 Å². The molecular weight excluding hydrogens is 384 g/mol. The van der Waals surface area contributed by atoms with Gasteiger partial charge in [-0.15, -0.1) is 0 Å². The van der Waals surface area contributed by atoms with Crippen LogP contribution in [0.1, 0.15) is 99.3 Å². The van der Waals surface area contributed by atoms with Crippen molar-refractivity contribution in [3.05, 3.63) is 11.6 Å². The molecule has 5 aliphatic carbocycles. The fourth-order valence-electron chi connectivity index (χ4n) is 10.6. The number of ether oxygens (including phenoxy) is 1. The van der Waals surface area contributed by atoms with E-state index in [1.165, 1.54) is 37.7 Å². The molecule has 0 heterocycles. The molecule has 0 saturated heterocycles. The number of allylic oxidation sites excluding steroid dienone is 1.